The minimum Gasteiger partial charge on any atom is -0.492 e. The Bertz CT molecular complexity index is 521. The number of amides is 1. The van der Waals surface area contributed by atoms with Crippen molar-refractivity contribution in [3.05, 3.63) is 30.1 Å². The zero-order valence-electron chi connectivity index (χ0n) is 12.1. The third-order valence-electron chi connectivity index (χ3n) is 3.50. The molecule has 7 heteroatoms. The zero-order chi connectivity index (χ0) is 15.9. The first-order chi connectivity index (χ1) is 10.6. The van der Waals surface area contributed by atoms with Gasteiger partial charge >= 0.3 is 5.97 Å². The van der Waals surface area contributed by atoms with Crippen LogP contribution in [-0.2, 0) is 9.59 Å². The van der Waals surface area contributed by atoms with Crippen molar-refractivity contribution in [3.8, 4) is 5.75 Å². The standard InChI is InChI=1S/C15H19FN2O4/c16-11-3-5-12(6-4-11)22-9-7-17-14(19)10-18-8-1-2-13(18)15(20)21/h3-6,13H,1-2,7-10H2,(H,17,19)(H,20,21)/t13-/m1/s1. The number of likely N-dealkylation sites (tertiary alicyclic amines) is 1. The Hall–Kier alpha value is -2.15. The summed E-state index contributed by atoms with van der Waals surface area (Å²) < 4.78 is 18.1. The van der Waals surface area contributed by atoms with Crippen molar-refractivity contribution in [3.63, 3.8) is 0 Å². The van der Waals surface area contributed by atoms with Gasteiger partial charge in [-0.1, -0.05) is 0 Å². The number of nitrogens with one attached hydrogen (secondary N) is 1. The highest BCUT2D eigenvalue weighted by molar-refractivity contribution is 5.80. The van der Waals surface area contributed by atoms with E-state index in [1.54, 1.807) is 4.90 Å². The molecule has 1 aromatic carbocycles. The number of ether oxygens (including phenoxy) is 1. The van der Waals surface area contributed by atoms with E-state index in [-0.39, 0.29) is 24.9 Å². The second-order valence-electron chi connectivity index (χ2n) is 5.12. The Balaban J connectivity index is 1.65. The lowest BCUT2D eigenvalue weighted by Gasteiger charge is -2.20. The maximum Gasteiger partial charge on any atom is 0.320 e. The van der Waals surface area contributed by atoms with Gasteiger partial charge in [-0.25, -0.2) is 4.39 Å². The van der Waals surface area contributed by atoms with E-state index in [1.165, 1.54) is 24.3 Å². The van der Waals surface area contributed by atoms with Gasteiger partial charge in [-0.15, -0.1) is 0 Å². The number of carbonyl (C=O) groups excluding carboxylic acids is 1. The number of rotatable bonds is 7. The van der Waals surface area contributed by atoms with Crippen LogP contribution >= 0.6 is 0 Å². The van der Waals surface area contributed by atoms with Gasteiger partial charge in [0.25, 0.3) is 0 Å². The highest BCUT2D eigenvalue weighted by atomic mass is 19.1. The molecule has 0 spiro atoms. The van der Waals surface area contributed by atoms with Gasteiger partial charge in [-0.3, -0.25) is 14.5 Å². The summed E-state index contributed by atoms with van der Waals surface area (Å²) in [6.07, 6.45) is 1.37. The molecule has 120 valence electrons. The molecule has 0 saturated carbocycles. The number of carboxylic acid groups (broad SMARTS) is 1. The SMILES string of the molecule is O=C(CN1CCC[C@@H]1C(=O)O)NCCOc1ccc(F)cc1. The third-order valence-corrected chi connectivity index (χ3v) is 3.50. The summed E-state index contributed by atoms with van der Waals surface area (Å²) >= 11 is 0. The van der Waals surface area contributed by atoms with Gasteiger partial charge in [-0.2, -0.15) is 0 Å². The van der Waals surface area contributed by atoms with E-state index < -0.39 is 12.0 Å². The summed E-state index contributed by atoms with van der Waals surface area (Å²) in [6.45, 7) is 1.27. The first kappa shape index (κ1) is 16.2. The molecule has 0 aliphatic carbocycles. The predicted molar refractivity (Wildman–Crippen MR) is 77.1 cm³/mol. The normalized spacial score (nSPS) is 18.1. The Labute approximate surface area is 127 Å². The molecule has 0 unspecified atom stereocenters. The number of hydrogen-bond donors (Lipinski definition) is 2. The number of nitrogens with zero attached hydrogens (tertiary/aromatic N) is 1. The van der Waals surface area contributed by atoms with Crippen molar-refractivity contribution < 1.29 is 23.8 Å². The number of halogens is 1. The zero-order valence-corrected chi connectivity index (χ0v) is 12.1. The van der Waals surface area contributed by atoms with Crippen molar-refractivity contribution in [1.29, 1.82) is 0 Å². The molecule has 1 amide bonds. The molecule has 2 N–H and O–H groups in total. The maximum absolute atomic E-state index is 12.7. The molecule has 1 aliphatic heterocycles. The number of hydrogen-bond acceptors (Lipinski definition) is 4. The molecule has 0 aromatic heterocycles. The molecule has 1 saturated heterocycles. The summed E-state index contributed by atoms with van der Waals surface area (Å²) in [5.41, 5.74) is 0. The van der Waals surface area contributed by atoms with E-state index in [9.17, 15) is 14.0 Å². The second-order valence-corrected chi connectivity index (χ2v) is 5.12. The molecule has 1 atom stereocenters. The molecule has 1 heterocycles. The van der Waals surface area contributed by atoms with Crippen LogP contribution in [0.1, 0.15) is 12.8 Å². The largest absolute Gasteiger partial charge is 0.492 e. The molecular formula is C15H19FN2O4. The van der Waals surface area contributed by atoms with Crippen molar-refractivity contribution in [2.75, 3.05) is 26.2 Å². The van der Waals surface area contributed by atoms with E-state index in [0.29, 0.717) is 25.3 Å². The average molecular weight is 310 g/mol. The summed E-state index contributed by atoms with van der Waals surface area (Å²) in [5.74, 6) is -0.916. The molecule has 1 aromatic rings. The average Bonchev–Trinajstić information content (AvgIpc) is 2.94. The minimum atomic E-state index is -0.884. The lowest BCUT2D eigenvalue weighted by molar-refractivity contribution is -0.142. The summed E-state index contributed by atoms with van der Waals surface area (Å²) in [7, 11) is 0. The van der Waals surface area contributed by atoms with Crippen LogP contribution in [0.3, 0.4) is 0 Å². The number of aliphatic carboxylic acids is 1. The monoisotopic (exact) mass is 310 g/mol. The Morgan fingerprint density at radius 2 is 2.09 bits per heavy atom. The number of benzene rings is 1. The van der Waals surface area contributed by atoms with E-state index in [1.807, 2.05) is 0 Å². The van der Waals surface area contributed by atoms with Gasteiger partial charge < -0.3 is 15.2 Å². The van der Waals surface area contributed by atoms with E-state index in [0.717, 1.165) is 6.42 Å². The van der Waals surface area contributed by atoms with Crippen molar-refractivity contribution >= 4 is 11.9 Å². The molecule has 6 nitrogen and oxygen atoms in total. The fourth-order valence-corrected chi connectivity index (χ4v) is 2.43. The van der Waals surface area contributed by atoms with Gasteiger partial charge in [0.05, 0.1) is 13.1 Å². The van der Waals surface area contributed by atoms with Crippen molar-refractivity contribution in [2.45, 2.75) is 18.9 Å². The third kappa shape index (κ3) is 4.70. The Kier molecular flexibility index (Phi) is 5.71. The summed E-state index contributed by atoms with van der Waals surface area (Å²) in [4.78, 5) is 24.5. The van der Waals surface area contributed by atoms with E-state index in [4.69, 9.17) is 9.84 Å². The first-order valence-corrected chi connectivity index (χ1v) is 7.18. The molecule has 0 bridgehead atoms. The predicted octanol–water partition coefficient (Wildman–Crippen LogP) is 0.870. The highest BCUT2D eigenvalue weighted by Crippen LogP contribution is 2.16. The second kappa shape index (κ2) is 7.74. The van der Waals surface area contributed by atoms with E-state index >= 15 is 0 Å². The molecular weight excluding hydrogens is 291 g/mol. The van der Waals surface area contributed by atoms with Crippen LogP contribution in [0, 0.1) is 5.82 Å². The van der Waals surface area contributed by atoms with Crippen LogP contribution in [0.15, 0.2) is 24.3 Å². The fourth-order valence-electron chi connectivity index (χ4n) is 2.43. The molecule has 2 rings (SSSR count). The van der Waals surface area contributed by atoms with Crippen LogP contribution in [0.4, 0.5) is 4.39 Å². The molecule has 22 heavy (non-hydrogen) atoms. The lowest BCUT2D eigenvalue weighted by Crippen LogP contribution is -2.43. The van der Waals surface area contributed by atoms with E-state index in [2.05, 4.69) is 5.32 Å². The smallest absolute Gasteiger partial charge is 0.320 e. The van der Waals surface area contributed by atoms with Crippen LogP contribution < -0.4 is 10.1 Å². The topological polar surface area (TPSA) is 78.9 Å². The lowest BCUT2D eigenvalue weighted by atomic mass is 10.2. The Morgan fingerprint density at radius 1 is 1.36 bits per heavy atom. The van der Waals surface area contributed by atoms with Gasteiger partial charge in [0.2, 0.25) is 5.91 Å². The quantitative estimate of drug-likeness (QED) is 0.731. The van der Waals surface area contributed by atoms with Crippen LogP contribution in [0.25, 0.3) is 0 Å². The van der Waals surface area contributed by atoms with Crippen LogP contribution in [0.2, 0.25) is 0 Å². The maximum atomic E-state index is 12.7. The van der Waals surface area contributed by atoms with Gasteiger partial charge in [0.15, 0.2) is 0 Å². The highest BCUT2D eigenvalue weighted by Gasteiger charge is 2.31. The first-order valence-electron chi connectivity index (χ1n) is 7.18. The van der Waals surface area contributed by atoms with Crippen LogP contribution in [0.5, 0.6) is 5.75 Å². The van der Waals surface area contributed by atoms with Gasteiger partial charge in [0, 0.05) is 0 Å². The van der Waals surface area contributed by atoms with Crippen molar-refractivity contribution in [1.82, 2.24) is 10.2 Å². The fraction of sp³-hybridized carbons (Fsp3) is 0.467. The summed E-state index contributed by atoms with van der Waals surface area (Å²) in [6, 6.07) is 5.06. The summed E-state index contributed by atoms with van der Waals surface area (Å²) in [5, 5.41) is 11.7. The minimum absolute atomic E-state index is 0.0769. The Morgan fingerprint density at radius 3 is 2.77 bits per heavy atom. The molecule has 0 radical (unpaired) electrons. The van der Waals surface area contributed by atoms with Gasteiger partial charge in [0.1, 0.15) is 24.2 Å². The number of carboxylic acids is 1. The molecule has 1 fully saturated rings. The number of carbonyl (C=O) groups is 2. The van der Waals surface area contributed by atoms with Crippen LogP contribution in [-0.4, -0.2) is 54.2 Å². The van der Waals surface area contributed by atoms with Gasteiger partial charge in [-0.05, 0) is 43.7 Å². The van der Waals surface area contributed by atoms with Crippen molar-refractivity contribution in [2.24, 2.45) is 0 Å². The molecule has 1 aliphatic rings.